The highest BCUT2D eigenvalue weighted by Gasteiger charge is 2.91. The number of fused-ring (bicyclic) bond motifs is 4. The van der Waals surface area contributed by atoms with Crippen LogP contribution in [0.25, 0.3) is 0 Å². The third-order valence-electron chi connectivity index (χ3n) is 17.7. The van der Waals surface area contributed by atoms with Gasteiger partial charge in [0.25, 0.3) is 0 Å². The molecule has 4 atom stereocenters. The van der Waals surface area contributed by atoms with Crippen LogP contribution >= 0.6 is 0 Å². The van der Waals surface area contributed by atoms with Gasteiger partial charge < -0.3 is 0 Å². The van der Waals surface area contributed by atoms with Gasteiger partial charge in [-0.05, 0) is 110 Å². The first kappa shape index (κ1) is 28.2. The van der Waals surface area contributed by atoms with Crippen molar-refractivity contribution in [2.45, 2.75) is 149 Å². The van der Waals surface area contributed by atoms with E-state index in [4.69, 9.17) is 0 Å². The Labute approximate surface area is 225 Å². The minimum Gasteiger partial charge on any atom is -0.0588 e. The standard InChI is InChI=1S/C36H60/c1-21-22(2)24(4)26-25(23(21)3)27(5,6)34(18)32(15,16)36(20)30(11,12)28(7,8)29(9,10)35(36,19)31(13,14)33(26,34)17/h1-20H3. The molecule has 4 rings (SSSR count). The highest BCUT2D eigenvalue weighted by molar-refractivity contribution is 5.64. The topological polar surface area (TPSA) is 0 Å². The molecule has 0 aliphatic heterocycles. The van der Waals surface area contributed by atoms with Crippen molar-refractivity contribution in [3.05, 3.63) is 33.4 Å². The van der Waals surface area contributed by atoms with Gasteiger partial charge in [-0.1, -0.05) is 111 Å². The second-order valence-electron chi connectivity index (χ2n) is 17.5. The van der Waals surface area contributed by atoms with Crippen LogP contribution in [0.5, 0.6) is 0 Å². The fraction of sp³-hybridized carbons (Fsp3) is 0.833. The molecule has 0 N–H and O–H groups in total. The second kappa shape index (κ2) is 6.33. The van der Waals surface area contributed by atoms with Crippen molar-refractivity contribution in [3.8, 4) is 0 Å². The van der Waals surface area contributed by atoms with Gasteiger partial charge in [-0.15, -0.1) is 0 Å². The van der Waals surface area contributed by atoms with Crippen LogP contribution in [0.2, 0.25) is 0 Å². The summed E-state index contributed by atoms with van der Waals surface area (Å²) in [7, 11) is 0. The lowest BCUT2D eigenvalue weighted by Crippen LogP contribution is -2.78. The van der Waals surface area contributed by atoms with E-state index in [0.29, 0.717) is 0 Å². The highest BCUT2D eigenvalue weighted by Crippen LogP contribution is 2.95. The molecule has 1 aromatic rings. The van der Waals surface area contributed by atoms with E-state index in [0.717, 1.165) is 0 Å². The van der Waals surface area contributed by atoms with Crippen LogP contribution in [-0.4, -0.2) is 0 Å². The van der Waals surface area contributed by atoms with Crippen molar-refractivity contribution in [2.75, 3.05) is 0 Å². The zero-order chi connectivity index (χ0) is 28.5. The fourth-order valence-corrected chi connectivity index (χ4v) is 13.3. The summed E-state index contributed by atoms with van der Waals surface area (Å²) >= 11 is 0. The van der Waals surface area contributed by atoms with E-state index >= 15 is 0 Å². The van der Waals surface area contributed by atoms with Crippen molar-refractivity contribution < 1.29 is 0 Å². The Kier molecular flexibility index (Phi) is 4.97. The summed E-state index contributed by atoms with van der Waals surface area (Å²) in [4.78, 5) is 0. The largest absolute Gasteiger partial charge is 0.0588 e. The normalized spacial score (nSPS) is 42.0. The molecule has 0 spiro atoms. The number of hydrogen-bond donors (Lipinski definition) is 0. The smallest absolute Gasteiger partial charge is 0.00545 e. The zero-order valence-corrected chi connectivity index (χ0v) is 28.0. The molecule has 3 aliphatic carbocycles. The quantitative estimate of drug-likeness (QED) is 0.338. The summed E-state index contributed by atoms with van der Waals surface area (Å²) in [6.07, 6.45) is 0. The van der Waals surface area contributed by atoms with E-state index in [1.54, 1.807) is 22.3 Å². The van der Waals surface area contributed by atoms with E-state index in [-0.39, 0.29) is 54.1 Å². The number of rotatable bonds is 0. The van der Waals surface area contributed by atoms with Gasteiger partial charge in [0.2, 0.25) is 0 Å². The monoisotopic (exact) mass is 492 g/mol. The molecule has 36 heavy (non-hydrogen) atoms. The van der Waals surface area contributed by atoms with Gasteiger partial charge in [-0.3, -0.25) is 0 Å². The molecule has 4 unspecified atom stereocenters. The van der Waals surface area contributed by atoms with Crippen LogP contribution in [0.3, 0.4) is 0 Å². The predicted molar refractivity (Wildman–Crippen MR) is 159 cm³/mol. The number of hydrogen-bond acceptors (Lipinski definition) is 0. The van der Waals surface area contributed by atoms with E-state index in [2.05, 4.69) is 138 Å². The van der Waals surface area contributed by atoms with Gasteiger partial charge in [-0.2, -0.15) is 0 Å². The summed E-state index contributed by atoms with van der Waals surface area (Å²) in [5.41, 5.74) is 10.3. The molecule has 0 bridgehead atoms. The number of benzene rings is 1. The van der Waals surface area contributed by atoms with Gasteiger partial charge in [0, 0.05) is 5.41 Å². The average molecular weight is 493 g/mol. The van der Waals surface area contributed by atoms with Crippen LogP contribution in [0.1, 0.15) is 144 Å². The first-order valence-corrected chi connectivity index (χ1v) is 14.8. The highest BCUT2D eigenvalue weighted by atomic mass is 14.9. The lowest BCUT2D eigenvalue weighted by molar-refractivity contribution is -0.314. The van der Waals surface area contributed by atoms with Crippen molar-refractivity contribution in [2.24, 2.45) is 43.3 Å². The average Bonchev–Trinajstić information content (AvgIpc) is 2.93. The van der Waals surface area contributed by atoms with Gasteiger partial charge in [0.1, 0.15) is 0 Å². The second-order valence-corrected chi connectivity index (χ2v) is 17.5. The molecule has 0 aromatic heterocycles. The van der Waals surface area contributed by atoms with Gasteiger partial charge >= 0.3 is 0 Å². The molecule has 3 aliphatic rings. The van der Waals surface area contributed by atoms with Crippen LogP contribution in [0, 0.1) is 71.0 Å². The van der Waals surface area contributed by atoms with E-state index in [1.165, 1.54) is 11.1 Å². The SMILES string of the molecule is Cc1c(C)c(C)c2c(c1C)C(C)(C)C1(C)C(C)(C)C3(C)C(C)(C)C(C)(C)C(C)(C)C3(C)C(C)(C)C21C. The molecule has 204 valence electrons. The van der Waals surface area contributed by atoms with Crippen LogP contribution in [0.4, 0.5) is 0 Å². The Morgan fingerprint density at radius 2 is 0.639 bits per heavy atom. The van der Waals surface area contributed by atoms with Crippen LogP contribution < -0.4 is 0 Å². The fourth-order valence-electron chi connectivity index (χ4n) is 13.3. The van der Waals surface area contributed by atoms with Gasteiger partial charge in [-0.25, -0.2) is 0 Å². The molecular weight excluding hydrogens is 432 g/mol. The maximum atomic E-state index is 2.73. The van der Waals surface area contributed by atoms with E-state index < -0.39 is 0 Å². The Bertz CT molecular complexity index is 1180. The molecular formula is C36H60. The van der Waals surface area contributed by atoms with Crippen LogP contribution in [-0.2, 0) is 10.8 Å². The van der Waals surface area contributed by atoms with Crippen molar-refractivity contribution in [3.63, 3.8) is 0 Å². The summed E-state index contributed by atoms with van der Waals surface area (Å²) in [5, 5.41) is 0. The first-order chi connectivity index (χ1) is 15.6. The summed E-state index contributed by atoms with van der Waals surface area (Å²) < 4.78 is 0. The molecule has 0 nitrogen and oxygen atoms in total. The minimum atomic E-state index is 0.0116. The molecule has 0 amide bonds. The lowest BCUT2D eigenvalue weighted by Gasteiger charge is -2.81. The molecule has 0 heterocycles. The molecule has 2 saturated carbocycles. The first-order valence-electron chi connectivity index (χ1n) is 14.8. The Morgan fingerprint density at radius 3 is 1.03 bits per heavy atom. The summed E-state index contributed by atoms with van der Waals surface area (Å²) in [5.74, 6) is 0. The maximum Gasteiger partial charge on any atom is 0.00545 e. The van der Waals surface area contributed by atoms with Gasteiger partial charge in [0.15, 0.2) is 0 Å². The predicted octanol–water partition coefficient (Wildman–Crippen LogP) is 10.6. The lowest BCUT2D eigenvalue weighted by atomic mass is 9.22. The molecule has 0 heteroatoms. The summed E-state index contributed by atoms with van der Waals surface area (Å²) in [6.45, 7) is 52.2. The van der Waals surface area contributed by atoms with E-state index in [1.807, 2.05) is 0 Å². The maximum absolute atomic E-state index is 2.73. The van der Waals surface area contributed by atoms with Crippen molar-refractivity contribution in [1.82, 2.24) is 0 Å². The molecule has 2 fully saturated rings. The zero-order valence-electron chi connectivity index (χ0n) is 28.0. The Balaban J connectivity index is 2.37. The van der Waals surface area contributed by atoms with E-state index in [9.17, 15) is 0 Å². The third kappa shape index (κ3) is 1.91. The minimum absolute atomic E-state index is 0.0116. The molecule has 1 aromatic carbocycles. The Morgan fingerprint density at radius 1 is 0.306 bits per heavy atom. The van der Waals surface area contributed by atoms with Crippen molar-refractivity contribution >= 4 is 0 Å². The molecule has 0 saturated heterocycles. The summed E-state index contributed by atoms with van der Waals surface area (Å²) in [6, 6.07) is 0. The Hall–Kier alpha value is -0.780. The third-order valence-corrected chi connectivity index (χ3v) is 17.7. The van der Waals surface area contributed by atoms with Gasteiger partial charge in [0.05, 0.1) is 0 Å². The van der Waals surface area contributed by atoms with Crippen LogP contribution in [0.15, 0.2) is 0 Å². The molecule has 0 radical (unpaired) electrons. The van der Waals surface area contributed by atoms with Crippen molar-refractivity contribution in [1.29, 1.82) is 0 Å².